The second-order valence-corrected chi connectivity index (χ2v) is 12.2. The first kappa shape index (κ1) is 17.0. The van der Waals surface area contributed by atoms with Crippen LogP contribution in [0.4, 0.5) is 11.5 Å². The molecule has 2 N–H and O–H groups in total. The van der Waals surface area contributed by atoms with Crippen LogP contribution in [0.5, 0.6) is 0 Å². The number of amides is 1. The summed E-state index contributed by atoms with van der Waals surface area (Å²) < 4.78 is 6.37. The van der Waals surface area contributed by atoms with Gasteiger partial charge in [-0.1, -0.05) is 20.8 Å². The summed E-state index contributed by atoms with van der Waals surface area (Å²) in [5, 5.41) is 0.161. The van der Waals surface area contributed by atoms with Crippen LogP contribution >= 0.6 is 0 Å². The third-order valence-electron chi connectivity index (χ3n) is 4.73. The van der Waals surface area contributed by atoms with Crippen molar-refractivity contribution < 1.29 is 9.22 Å². The van der Waals surface area contributed by atoms with Crippen LogP contribution in [0.3, 0.4) is 0 Å². The van der Waals surface area contributed by atoms with Crippen molar-refractivity contribution >= 4 is 25.7 Å². The zero-order valence-corrected chi connectivity index (χ0v) is 15.2. The van der Waals surface area contributed by atoms with Crippen molar-refractivity contribution in [1.82, 2.24) is 4.98 Å². The molecule has 0 aromatic carbocycles. The van der Waals surface area contributed by atoms with Gasteiger partial charge in [0.2, 0.25) is 5.91 Å². The summed E-state index contributed by atoms with van der Waals surface area (Å²) in [4.78, 5) is 18.3. The Kier molecular flexibility index (Phi) is 4.63. The molecular formula is C16H27N3O2Si. The number of nitrogen functional groups attached to an aromatic ring is 1. The van der Waals surface area contributed by atoms with Gasteiger partial charge >= 0.3 is 0 Å². The lowest BCUT2D eigenvalue weighted by Gasteiger charge is -2.41. The van der Waals surface area contributed by atoms with E-state index in [0.717, 1.165) is 12.1 Å². The molecule has 0 saturated carbocycles. The molecule has 1 atom stereocenters. The Labute approximate surface area is 134 Å². The van der Waals surface area contributed by atoms with Gasteiger partial charge in [0.15, 0.2) is 8.32 Å². The molecule has 22 heavy (non-hydrogen) atoms. The molecule has 1 fully saturated rings. The van der Waals surface area contributed by atoms with Crippen LogP contribution in [0.25, 0.3) is 0 Å². The Bertz CT molecular complexity index is 537. The van der Waals surface area contributed by atoms with Crippen LogP contribution in [-0.4, -0.2) is 31.9 Å². The summed E-state index contributed by atoms with van der Waals surface area (Å²) >= 11 is 0. The standard InChI is InChI=1S/C16H27N3O2Si/c1-16(2,3)22(4,5)21-13-8-9-19(15(20)10-13)12-6-7-14(17)18-11-12/h6-7,11,13H,8-10H2,1-5H3,(H2,17,18)/t13-/m0/s1. The van der Waals surface area contributed by atoms with E-state index in [2.05, 4.69) is 38.8 Å². The predicted octanol–water partition coefficient (Wildman–Crippen LogP) is 3.18. The number of pyridine rings is 1. The van der Waals surface area contributed by atoms with Crippen LogP contribution in [0, 0.1) is 0 Å². The van der Waals surface area contributed by atoms with Gasteiger partial charge in [0.05, 0.1) is 24.4 Å². The number of nitrogens with zero attached hydrogens (tertiary/aromatic N) is 2. The lowest BCUT2D eigenvalue weighted by Crippen LogP contribution is -2.49. The topological polar surface area (TPSA) is 68.5 Å². The highest BCUT2D eigenvalue weighted by Gasteiger charge is 2.40. The van der Waals surface area contributed by atoms with Crippen molar-refractivity contribution in [1.29, 1.82) is 0 Å². The van der Waals surface area contributed by atoms with Crippen molar-refractivity contribution in [3.8, 4) is 0 Å². The molecule has 0 unspecified atom stereocenters. The number of anilines is 2. The van der Waals surface area contributed by atoms with Gasteiger partial charge in [0.25, 0.3) is 0 Å². The normalized spacial score (nSPS) is 20.3. The fourth-order valence-corrected chi connectivity index (χ4v) is 3.72. The van der Waals surface area contributed by atoms with Gasteiger partial charge in [-0.05, 0) is 36.7 Å². The lowest BCUT2D eigenvalue weighted by molar-refractivity contribution is -0.121. The molecule has 1 saturated heterocycles. The van der Waals surface area contributed by atoms with E-state index in [1.165, 1.54) is 0 Å². The maximum absolute atomic E-state index is 12.4. The maximum atomic E-state index is 12.4. The first-order valence-electron chi connectivity index (χ1n) is 7.80. The minimum atomic E-state index is -1.83. The smallest absolute Gasteiger partial charge is 0.229 e. The number of aromatic nitrogens is 1. The number of hydrogen-bond acceptors (Lipinski definition) is 4. The van der Waals surface area contributed by atoms with Gasteiger partial charge in [-0.2, -0.15) is 0 Å². The highest BCUT2D eigenvalue weighted by molar-refractivity contribution is 6.74. The van der Waals surface area contributed by atoms with Crippen molar-refractivity contribution in [2.75, 3.05) is 17.2 Å². The van der Waals surface area contributed by atoms with Crippen LogP contribution in [0.2, 0.25) is 18.1 Å². The number of carbonyl (C=O) groups excluding carboxylic acids is 1. The largest absolute Gasteiger partial charge is 0.413 e. The van der Waals surface area contributed by atoms with E-state index in [9.17, 15) is 4.79 Å². The Morgan fingerprint density at radius 2 is 2.05 bits per heavy atom. The Morgan fingerprint density at radius 3 is 2.55 bits per heavy atom. The maximum Gasteiger partial charge on any atom is 0.229 e. The molecule has 1 aromatic heterocycles. The molecule has 1 aliphatic heterocycles. The molecule has 2 heterocycles. The molecule has 0 bridgehead atoms. The lowest BCUT2D eigenvalue weighted by atomic mass is 10.1. The van der Waals surface area contributed by atoms with Crippen LogP contribution in [0.1, 0.15) is 33.6 Å². The van der Waals surface area contributed by atoms with E-state index >= 15 is 0 Å². The monoisotopic (exact) mass is 321 g/mol. The summed E-state index contributed by atoms with van der Waals surface area (Å²) in [6, 6.07) is 3.57. The molecular weight excluding hydrogens is 294 g/mol. The first-order chi connectivity index (χ1) is 10.1. The van der Waals surface area contributed by atoms with Crippen LogP contribution in [0.15, 0.2) is 18.3 Å². The average molecular weight is 321 g/mol. The van der Waals surface area contributed by atoms with E-state index in [1.54, 1.807) is 17.2 Å². The number of hydrogen-bond donors (Lipinski definition) is 1. The third kappa shape index (κ3) is 3.67. The summed E-state index contributed by atoms with van der Waals surface area (Å²) in [6.45, 7) is 11.8. The van der Waals surface area contributed by atoms with Gasteiger partial charge in [0.1, 0.15) is 5.82 Å². The quantitative estimate of drug-likeness (QED) is 0.868. The van der Waals surface area contributed by atoms with E-state index in [4.69, 9.17) is 10.2 Å². The second-order valence-electron chi connectivity index (χ2n) is 7.48. The molecule has 0 radical (unpaired) electrons. The summed E-state index contributed by atoms with van der Waals surface area (Å²) in [5.41, 5.74) is 6.40. The van der Waals surface area contributed by atoms with E-state index in [-0.39, 0.29) is 17.0 Å². The molecule has 6 heteroatoms. The molecule has 1 aliphatic rings. The van der Waals surface area contributed by atoms with Crippen molar-refractivity contribution in [3.05, 3.63) is 18.3 Å². The van der Waals surface area contributed by atoms with E-state index < -0.39 is 8.32 Å². The number of carbonyl (C=O) groups is 1. The zero-order chi connectivity index (χ0) is 16.5. The van der Waals surface area contributed by atoms with Crippen molar-refractivity contribution in [2.24, 2.45) is 0 Å². The minimum absolute atomic E-state index is 0.0337. The number of rotatable bonds is 3. The minimum Gasteiger partial charge on any atom is -0.413 e. The molecule has 1 amide bonds. The summed E-state index contributed by atoms with van der Waals surface area (Å²) in [7, 11) is -1.83. The SMILES string of the molecule is CC(C)(C)[Si](C)(C)O[C@H]1CCN(c2ccc(N)nc2)C(=O)C1. The first-order valence-corrected chi connectivity index (χ1v) is 10.7. The summed E-state index contributed by atoms with van der Waals surface area (Å²) in [6.07, 6.45) is 2.99. The molecule has 5 nitrogen and oxygen atoms in total. The van der Waals surface area contributed by atoms with E-state index in [0.29, 0.717) is 18.8 Å². The molecule has 1 aromatic rings. The van der Waals surface area contributed by atoms with E-state index in [1.807, 2.05) is 6.07 Å². The number of nitrogens with two attached hydrogens (primary N) is 1. The fraction of sp³-hybridized carbons (Fsp3) is 0.625. The highest BCUT2D eigenvalue weighted by atomic mass is 28.4. The molecule has 122 valence electrons. The predicted molar refractivity (Wildman–Crippen MR) is 92.3 cm³/mol. The van der Waals surface area contributed by atoms with Crippen molar-refractivity contribution in [2.45, 2.75) is 57.8 Å². The third-order valence-corrected chi connectivity index (χ3v) is 9.26. The van der Waals surface area contributed by atoms with Gasteiger partial charge in [-0.25, -0.2) is 4.98 Å². The van der Waals surface area contributed by atoms with Gasteiger partial charge in [0, 0.05) is 6.54 Å². The number of piperidine rings is 1. The van der Waals surface area contributed by atoms with Crippen molar-refractivity contribution in [3.63, 3.8) is 0 Å². The van der Waals surface area contributed by atoms with Crippen LogP contribution < -0.4 is 10.6 Å². The Balaban J connectivity index is 2.01. The Hall–Kier alpha value is -1.40. The average Bonchev–Trinajstić information content (AvgIpc) is 2.38. The van der Waals surface area contributed by atoms with Crippen LogP contribution in [-0.2, 0) is 9.22 Å². The fourth-order valence-electron chi connectivity index (χ4n) is 2.33. The second kappa shape index (κ2) is 6.00. The molecule has 0 aliphatic carbocycles. The van der Waals surface area contributed by atoms with Gasteiger partial charge < -0.3 is 15.1 Å². The molecule has 2 rings (SSSR count). The van der Waals surface area contributed by atoms with Gasteiger partial charge in [-0.15, -0.1) is 0 Å². The highest BCUT2D eigenvalue weighted by Crippen LogP contribution is 2.38. The summed E-state index contributed by atoms with van der Waals surface area (Å²) in [5.74, 6) is 0.564. The Morgan fingerprint density at radius 1 is 1.36 bits per heavy atom. The zero-order valence-electron chi connectivity index (χ0n) is 14.2. The van der Waals surface area contributed by atoms with Gasteiger partial charge in [-0.3, -0.25) is 4.79 Å². The molecule has 0 spiro atoms.